The largest absolute Gasteiger partial charge is 0.493 e. The van der Waals surface area contributed by atoms with Crippen LogP contribution in [0.4, 0.5) is 5.69 Å². The number of ether oxygens (including phenoxy) is 2. The van der Waals surface area contributed by atoms with E-state index in [1.54, 1.807) is 26.4 Å². The summed E-state index contributed by atoms with van der Waals surface area (Å²) in [5.41, 5.74) is 0.739. The number of benzene rings is 1. The molecule has 0 aromatic heterocycles. The van der Waals surface area contributed by atoms with Gasteiger partial charge >= 0.3 is 0 Å². The van der Waals surface area contributed by atoms with Gasteiger partial charge in [0, 0.05) is 18.2 Å². The molecule has 1 rings (SSSR count). The lowest BCUT2D eigenvalue weighted by molar-refractivity contribution is -0.116. The maximum atomic E-state index is 11.9. The molecule has 0 unspecified atom stereocenters. The number of hydrogen-bond acceptors (Lipinski definition) is 3. The van der Waals surface area contributed by atoms with E-state index in [2.05, 4.69) is 12.2 Å². The van der Waals surface area contributed by atoms with Crippen molar-refractivity contribution in [2.24, 2.45) is 0 Å². The smallest absolute Gasteiger partial charge is 0.224 e. The van der Waals surface area contributed by atoms with Crippen LogP contribution in [-0.2, 0) is 4.79 Å². The molecule has 0 fully saturated rings. The summed E-state index contributed by atoms with van der Waals surface area (Å²) in [6.45, 7) is 2.20. The summed E-state index contributed by atoms with van der Waals surface area (Å²) in [6, 6.07) is 5.39. The maximum absolute atomic E-state index is 11.9. The van der Waals surface area contributed by atoms with E-state index < -0.39 is 0 Å². The zero-order chi connectivity index (χ0) is 15.5. The summed E-state index contributed by atoms with van der Waals surface area (Å²) < 4.78 is 10.4. The van der Waals surface area contributed by atoms with Crippen LogP contribution in [0.3, 0.4) is 0 Å². The van der Waals surface area contributed by atoms with E-state index in [-0.39, 0.29) is 5.91 Å². The summed E-state index contributed by atoms with van der Waals surface area (Å²) in [5.74, 6) is 1.33. The van der Waals surface area contributed by atoms with Crippen molar-refractivity contribution in [3.63, 3.8) is 0 Å². The number of amides is 1. The Bertz CT molecular complexity index is 432. The number of carbonyl (C=O) groups is 1. The molecule has 1 aromatic carbocycles. The predicted molar refractivity (Wildman–Crippen MR) is 86.2 cm³/mol. The fraction of sp³-hybridized carbons (Fsp3) is 0.588. The molecule has 0 spiro atoms. The van der Waals surface area contributed by atoms with Gasteiger partial charge in [0.25, 0.3) is 0 Å². The van der Waals surface area contributed by atoms with Gasteiger partial charge in [-0.05, 0) is 18.6 Å². The van der Waals surface area contributed by atoms with Crippen molar-refractivity contribution in [3.05, 3.63) is 18.2 Å². The molecule has 4 nitrogen and oxygen atoms in total. The Morgan fingerprint density at radius 2 is 1.67 bits per heavy atom. The Hall–Kier alpha value is -1.71. The normalized spacial score (nSPS) is 10.2. The molecule has 118 valence electrons. The molecule has 4 heteroatoms. The van der Waals surface area contributed by atoms with Crippen LogP contribution in [0.2, 0.25) is 0 Å². The molecule has 0 aliphatic carbocycles. The number of carbonyl (C=O) groups excluding carboxylic acids is 1. The van der Waals surface area contributed by atoms with Crippen LogP contribution in [-0.4, -0.2) is 20.1 Å². The third-order valence-electron chi connectivity index (χ3n) is 3.42. The second-order valence-corrected chi connectivity index (χ2v) is 5.14. The number of methoxy groups -OCH3 is 2. The van der Waals surface area contributed by atoms with Gasteiger partial charge in [0.1, 0.15) is 0 Å². The summed E-state index contributed by atoms with van der Waals surface area (Å²) in [6.07, 6.45) is 7.67. The molecule has 0 saturated carbocycles. The fourth-order valence-corrected chi connectivity index (χ4v) is 2.20. The lowest BCUT2D eigenvalue weighted by Gasteiger charge is -2.10. The van der Waals surface area contributed by atoms with E-state index in [0.29, 0.717) is 17.9 Å². The van der Waals surface area contributed by atoms with Crippen molar-refractivity contribution < 1.29 is 14.3 Å². The van der Waals surface area contributed by atoms with Gasteiger partial charge in [-0.25, -0.2) is 0 Å². The van der Waals surface area contributed by atoms with E-state index in [4.69, 9.17) is 9.47 Å². The average molecular weight is 293 g/mol. The Kier molecular flexibility index (Phi) is 8.32. The minimum Gasteiger partial charge on any atom is -0.493 e. The molecule has 0 aliphatic rings. The van der Waals surface area contributed by atoms with Crippen LogP contribution >= 0.6 is 0 Å². The minimum absolute atomic E-state index is 0.0534. The molecule has 21 heavy (non-hydrogen) atoms. The highest BCUT2D eigenvalue weighted by Gasteiger charge is 2.07. The highest BCUT2D eigenvalue weighted by Crippen LogP contribution is 2.29. The van der Waals surface area contributed by atoms with Gasteiger partial charge in [-0.15, -0.1) is 0 Å². The first-order chi connectivity index (χ1) is 10.2. The summed E-state index contributed by atoms with van der Waals surface area (Å²) in [5, 5.41) is 2.90. The van der Waals surface area contributed by atoms with Gasteiger partial charge in [0.05, 0.1) is 14.2 Å². The fourth-order valence-electron chi connectivity index (χ4n) is 2.20. The molecule has 0 radical (unpaired) electrons. The Balaban J connectivity index is 2.34. The molecule has 0 heterocycles. The van der Waals surface area contributed by atoms with Gasteiger partial charge in [-0.2, -0.15) is 0 Å². The highest BCUT2D eigenvalue weighted by atomic mass is 16.5. The molecule has 0 bridgehead atoms. The monoisotopic (exact) mass is 293 g/mol. The van der Waals surface area contributed by atoms with E-state index in [0.717, 1.165) is 18.5 Å². The third-order valence-corrected chi connectivity index (χ3v) is 3.42. The number of unbranched alkanes of at least 4 members (excludes halogenated alkanes) is 5. The van der Waals surface area contributed by atoms with Gasteiger partial charge in [-0.1, -0.05) is 39.0 Å². The molecular formula is C17H27NO3. The minimum atomic E-state index is 0.0534. The molecule has 1 amide bonds. The summed E-state index contributed by atoms with van der Waals surface area (Å²) in [4.78, 5) is 11.9. The SMILES string of the molecule is CCCCCCCCC(=O)Nc1ccc(OC)c(OC)c1. The van der Waals surface area contributed by atoms with Crippen molar-refractivity contribution in [2.75, 3.05) is 19.5 Å². The van der Waals surface area contributed by atoms with Crippen LogP contribution in [0.25, 0.3) is 0 Å². The average Bonchev–Trinajstić information content (AvgIpc) is 2.50. The summed E-state index contributed by atoms with van der Waals surface area (Å²) >= 11 is 0. The van der Waals surface area contributed by atoms with Gasteiger partial charge in [-0.3, -0.25) is 4.79 Å². The quantitative estimate of drug-likeness (QED) is 0.651. The third kappa shape index (κ3) is 6.52. The van der Waals surface area contributed by atoms with Gasteiger partial charge < -0.3 is 14.8 Å². The van der Waals surface area contributed by atoms with Crippen molar-refractivity contribution in [1.82, 2.24) is 0 Å². The predicted octanol–water partition coefficient (Wildman–Crippen LogP) is 4.39. The molecule has 0 atom stereocenters. The molecular weight excluding hydrogens is 266 g/mol. The van der Waals surface area contributed by atoms with Crippen molar-refractivity contribution in [1.29, 1.82) is 0 Å². The summed E-state index contributed by atoms with van der Waals surface area (Å²) in [7, 11) is 3.18. The second-order valence-electron chi connectivity index (χ2n) is 5.14. The van der Waals surface area contributed by atoms with E-state index in [9.17, 15) is 4.79 Å². The first-order valence-corrected chi connectivity index (χ1v) is 7.73. The lowest BCUT2D eigenvalue weighted by Crippen LogP contribution is -2.11. The maximum Gasteiger partial charge on any atom is 0.224 e. The highest BCUT2D eigenvalue weighted by molar-refractivity contribution is 5.91. The van der Waals surface area contributed by atoms with E-state index >= 15 is 0 Å². The molecule has 1 N–H and O–H groups in total. The standard InChI is InChI=1S/C17H27NO3/c1-4-5-6-7-8-9-10-17(19)18-14-11-12-15(20-2)16(13-14)21-3/h11-13H,4-10H2,1-3H3,(H,18,19). The van der Waals surface area contributed by atoms with Crippen molar-refractivity contribution in [2.45, 2.75) is 51.9 Å². The molecule has 1 aromatic rings. The zero-order valence-corrected chi connectivity index (χ0v) is 13.4. The van der Waals surface area contributed by atoms with Crippen molar-refractivity contribution in [3.8, 4) is 11.5 Å². The Morgan fingerprint density at radius 3 is 2.33 bits per heavy atom. The number of nitrogens with one attached hydrogen (secondary N) is 1. The zero-order valence-electron chi connectivity index (χ0n) is 13.4. The number of anilines is 1. The van der Waals surface area contributed by atoms with E-state index in [1.165, 1.54) is 25.7 Å². The van der Waals surface area contributed by atoms with Gasteiger partial charge in [0.2, 0.25) is 5.91 Å². The molecule has 0 aliphatic heterocycles. The lowest BCUT2D eigenvalue weighted by atomic mass is 10.1. The second kappa shape index (κ2) is 10.1. The Morgan fingerprint density at radius 1 is 1.00 bits per heavy atom. The van der Waals surface area contributed by atoms with Crippen LogP contribution in [0.15, 0.2) is 18.2 Å². The van der Waals surface area contributed by atoms with Crippen molar-refractivity contribution >= 4 is 11.6 Å². The van der Waals surface area contributed by atoms with Crippen LogP contribution in [0, 0.1) is 0 Å². The van der Waals surface area contributed by atoms with Crippen LogP contribution < -0.4 is 14.8 Å². The first-order valence-electron chi connectivity index (χ1n) is 7.73. The van der Waals surface area contributed by atoms with E-state index in [1.807, 2.05) is 6.07 Å². The van der Waals surface area contributed by atoms with Crippen LogP contribution in [0.5, 0.6) is 11.5 Å². The molecule has 0 saturated heterocycles. The Labute approximate surface area is 127 Å². The van der Waals surface area contributed by atoms with Gasteiger partial charge in [0.15, 0.2) is 11.5 Å². The van der Waals surface area contributed by atoms with Crippen LogP contribution in [0.1, 0.15) is 51.9 Å². The number of rotatable bonds is 10. The first kappa shape index (κ1) is 17.3. The topological polar surface area (TPSA) is 47.6 Å². The number of hydrogen-bond donors (Lipinski definition) is 1.